The smallest absolute Gasteiger partial charge is 0.137 e. The summed E-state index contributed by atoms with van der Waals surface area (Å²) >= 11 is 0. The Morgan fingerprint density at radius 1 is 0.147 bits per heavy atom. The number of aromatic nitrogens is 4. The van der Waals surface area contributed by atoms with Crippen LogP contribution in [0.2, 0.25) is 0 Å². The highest BCUT2D eigenvalue weighted by Crippen LogP contribution is 2.43. The van der Waals surface area contributed by atoms with E-state index in [1.54, 1.807) is 0 Å². The van der Waals surface area contributed by atoms with Gasteiger partial charge in [-0.2, -0.15) is 0 Å². The average Bonchev–Trinajstić information content (AvgIpc) is 1.74. The van der Waals surface area contributed by atoms with E-state index >= 15 is 0 Å². The molecule has 0 spiro atoms. The Morgan fingerprint density at radius 3 is 0.842 bits per heavy atom. The van der Waals surface area contributed by atoms with Crippen LogP contribution in [0.1, 0.15) is 0 Å². The van der Waals surface area contributed by atoms with Crippen molar-refractivity contribution in [2.75, 3.05) is 0 Å². The van der Waals surface area contributed by atoms with Crippen LogP contribution in [0.3, 0.4) is 0 Å². The first kappa shape index (κ1) is 54.1. The van der Waals surface area contributed by atoms with Crippen molar-refractivity contribution >= 4 is 109 Å². The fourth-order valence-corrected chi connectivity index (χ4v) is 15.1. The van der Waals surface area contributed by atoms with Gasteiger partial charge in [0, 0.05) is 82.7 Å². The molecule has 0 saturated carbocycles. The number of nitrogens with zero attached hydrogens (tertiary/aromatic N) is 4. The SMILES string of the molecule is c1ccc(-c2cccc(-n3c4ccccc4c4cc(-c5ccc6c(c5)c5ccccc5n6-c5cccc(-c6ccccc6)c5)ccc43)c2)cc1.c1ccc(-n2c3ccccc3c3cc(-c4ccc5c(c4)c4ccccc4n5-c4ccc5c(c4)oc4ccccc45)ccc32)cc1. The molecule has 0 saturated heterocycles. The highest BCUT2D eigenvalue weighted by molar-refractivity contribution is 6.15. The minimum absolute atomic E-state index is 0.902. The van der Waals surface area contributed by atoms with E-state index < -0.39 is 0 Å². The van der Waals surface area contributed by atoms with Crippen LogP contribution in [0.5, 0.6) is 0 Å². The molecule has 15 aromatic carbocycles. The topological polar surface area (TPSA) is 32.9 Å². The quantitative estimate of drug-likeness (QED) is 0.149. The molecule has 5 heteroatoms. The zero-order chi connectivity index (χ0) is 62.5. The Morgan fingerprint density at radius 2 is 0.432 bits per heavy atom. The van der Waals surface area contributed by atoms with Gasteiger partial charge >= 0.3 is 0 Å². The first-order valence-corrected chi connectivity index (χ1v) is 32.5. The van der Waals surface area contributed by atoms with Crippen LogP contribution in [0.4, 0.5) is 0 Å². The van der Waals surface area contributed by atoms with Gasteiger partial charge in [0.05, 0.1) is 44.1 Å². The molecule has 0 amide bonds. The third kappa shape index (κ3) is 8.93. The van der Waals surface area contributed by atoms with E-state index in [4.69, 9.17) is 4.42 Å². The Labute approximate surface area is 547 Å². The van der Waals surface area contributed by atoms with Crippen molar-refractivity contribution in [3.8, 4) is 67.3 Å². The van der Waals surface area contributed by atoms with Gasteiger partial charge in [-0.15, -0.1) is 0 Å². The Balaban J connectivity index is 0.000000135. The first-order chi connectivity index (χ1) is 47.1. The van der Waals surface area contributed by atoms with Crippen molar-refractivity contribution in [2.24, 2.45) is 0 Å². The Hall–Kier alpha value is -12.7. The average molecular weight is 1210 g/mol. The lowest BCUT2D eigenvalue weighted by Crippen LogP contribution is -1.94. The van der Waals surface area contributed by atoms with E-state index in [0.29, 0.717) is 0 Å². The lowest BCUT2D eigenvalue weighted by Gasteiger charge is -2.11. The molecule has 0 aliphatic carbocycles. The summed E-state index contributed by atoms with van der Waals surface area (Å²) in [6.07, 6.45) is 0. The molecular formula is C90H58N4O. The second-order valence-corrected chi connectivity index (χ2v) is 24.8. The molecule has 444 valence electrons. The molecule has 0 unspecified atom stereocenters. The highest BCUT2D eigenvalue weighted by Gasteiger charge is 2.20. The lowest BCUT2D eigenvalue weighted by molar-refractivity contribution is 0.668. The maximum Gasteiger partial charge on any atom is 0.137 e. The fraction of sp³-hybridized carbons (Fsp3) is 0. The number of benzene rings is 15. The van der Waals surface area contributed by atoms with Gasteiger partial charge in [-0.3, -0.25) is 0 Å². The normalized spacial score (nSPS) is 11.8. The maximum atomic E-state index is 6.27. The molecule has 5 heterocycles. The van der Waals surface area contributed by atoms with Crippen LogP contribution in [0, 0.1) is 0 Å². The van der Waals surface area contributed by atoms with Crippen LogP contribution < -0.4 is 0 Å². The standard InChI is InChI=1S/C48H32N2.C42H26N2O/c1-3-13-33(14-4-1)35-17-11-19-39(29-35)49-45-23-9-7-21-41(45)43-31-37(25-27-47(43)49)38-26-28-48-44(32-38)42-22-8-10-24-46(42)50(48)40-20-12-18-36(30-40)34-15-5-2-6-16-34;1-2-10-29(11-3-1)43-37-15-7-4-12-31(37)35-24-27(18-22-39(35)43)28-19-23-40-36(25-28)32-13-5-8-16-38(32)44(40)30-20-21-34-33-14-6-9-17-41(33)45-42(34)26-30/h1-32H;1-26H. The van der Waals surface area contributed by atoms with E-state index in [2.05, 4.69) is 358 Å². The largest absolute Gasteiger partial charge is 0.456 e. The predicted molar refractivity (Wildman–Crippen MR) is 399 cm³/mol. The molecule has 0 aliphatic heterocycles. The first-order valence-electron chi connectivity index (χ1n) is 32.5. The number of para-hydroxylation sites is 6. The summed E-state index contributed by atoms with van der Waals surface area (Å²) in [6, 6.07) is 127. The van der Waals surface area contributed by atoms with Crippen molar-refractivity contribution in [3.63, 3.8) is 0 Å². The van der Waals surface area contributed by atoms with Gasteiger partial charge in [0.15, 0.2) is 0 Å². The van der Waals surface area contributed by atoms with Crippen LogP contribution in [0.15, 0.2) is 356 Å². The van der Waals surface area contributed by atoms with Crippen LogP contribution >= 0.6 is 0 Å². The Kier molecular flexibility index (Phi) is 12.5. The molecule has 5 nitrogen and oxygen atoms in total. The molecular weight excluding hydrogens is 1150 g/mol. The van der Waals surface area contributed by atoms with Crippen molar-refractivity contribution < 1.29 is 4.42 Å². The van der Waals surface area contributed by atoms with Crippen molar-refractivity contribution in [1.29, 1.82) is 0 Å². The number of rotatable bonds is 8. The molecule has 0 aliphatic rings. The molecule has 0 bridgehead atoms. The molecule has 0 radical (unpaired) electrons. The summed E-state index contributed by atoms with van der Waals surface area (Å²) in [6.45, 7) is 0. The van der Waals surface area contributed by atoms with Gasteiger partial charge in [0.25, 0.3) is 0 Å². The summed E-state index contributed by atoms with van der Waals surface area (Å²) in [5, 5.41) is 12.3. The molecule has 20 aromatic rings. The predicted octanol–water partition coefficient (Wildman–Crippen LogP) is 24.3. The molecule has 0 fully saturated rings. The number of furan rings is 1. The second-order valence-electron chi connectivity index (χ2n) is 24.8. The summed E-state index contributed by atoms with van der Waals surface area (Å²) < 4.78 is 15.8. The minimum atomic E-state index is 0.902. The van der Waals surface area contributed by atoms with E-state index in [9.17, 15) is 0 Å². The molecule has 0 N–H and O–H groups in total. The molecule has 20 rings (SSSR count). The van der Waals surface area contributed by atoms with Gasteiger partial charge in [-0.05, 0) is 172 Å². The zero-order valence-electron chi connectivity index (χ0n) is 51.7. The van der Waals surface area contributed by atoms with Gasteiger partial charge in [-0.25, -0.2) is 0 Å². The van der Waals surface area contributed by atoms with Crippen molar-refractivity contribution in [3.05, 3.63) is 352 Å². The van der Waals surface area contributed by atoms with Gasteiger partial charge in [0.1, 0.15) is 11.2 Å². The number of hydrogen-bond donors (Lipinski definition) is 0. The van der Waals surface area contributed by atoms with Crippen LogP contribution in [-0.4, -0.2) is 18.3 Å². The highest BCUT2D eigenvalue weighted by atomic mass is 16.3. The van der Waals surface area contributed by atoms with E-state index in [0.717, 1.165) is 39.0 Å². The molecule has 0 atom stereocenters. The van der Waals surface area contributed by atoms with Gasteiger partial charge in [0.2, 0.25) is 0 Å². The van der Waals surface area contributed by atoms with Gasteiger partial charge < -0.3 is 22.7 Å². The van der Waals surface area contributed by atoms with Crippen LogP contribution in [0.25, 0.3) is 176 Å². The van der Waals surface area contributed by atoms with E-state index in [-0.39, 0.29) is 0 Å². The zero-order valence-corrected chi connectivity index (χ0v) is 51.7. The lowest BCUT2D eigenvalue weighted by atomic mass is 10.0. The third-order valence-corrected chi connectivity index (χ3v) is 19.4. The maximum absolute atomic E-state index is 6.27. The fourth-order valence-electron chi connectivity index (χ4n) is 15.1. The molecule has 95 heavy (non-hydrogen) atoms. The number of hydrogen-bond acceptors (Lipinski definition) is 1. The summed E-state index contributed by atoms with van der Waals surface area (Å²) in [4.78, 5) is 0. The summed E-state index contributed by atoms with van der Waals surface area (Å²) in [7, 11) is 0. The summed E-state index contributed by atoms with van der Waals surface area (Å²) in [5.41, 5.74) is 25.7. The second kappa shape index (κ2) is 22.0. The summed E-state index contributed by atoms with van der Waals surface area (Å²) in [5.74, 6) is 0. The van der Waals surface area contributed by atoms with Crippen molar-refractivity contribution in [1.82, 2.24) is 18.3 Å². The third-order valence-electron chi connectivity index (χ3n) is 19.4. The Bertz CT molecular complexity index is 6200. The van der Waals surface area contributed by atoms with Crippen LogP contribution in [-0.2, 0) is 0 Å². The monoisotopic (exact) mass is 1210 g/mol. The molecule has 5 aromatic heterocycles. The minimum Gasteiger partial charge on any atom is -0.456 e. The van der Waals surface area contributed by atoms with Crippen molar-refractivity contribution in [2.45, 2.75) is 0 Å². The van der Waals surface area contributed by atoms with E-state index in [1.165, 1.54) is 137 Å². The number of fused-ring (bicyclic) bond motifs is 15. The van der Waals surface area contributed by atoms with Gasteiger partial charge in [-0.1, -0.05) is 218 Å². The van der Waals surface area contributed by atoms with E-state index in [1.807, 2.05) is 12.1 Å².